The fourth-order valence-corrected chi connectivity index (χ4v) is 9.03. The summed E-state index contributed by atoms with van der Waals surface area (Å²) in [4.78, 5) is 4.16. The molecule has 10 rings (SSSR count). The van der Waals surface area contributed by atoms with E-state index in [0.29, 0.717) is 28.5 Å². The minimum Gasteiger partial charge on any atom is -0.507 e. The van der Waals surface area contributed by atoms with E-state index in [4.69, 9.17) is 4.74 Å². The number of nitrogens with zero attached hydrogens (tertiary/aromatic N) is 2. The monoisotopic (exact) mass is 820 g/mol. The predicted octanol–water partition coefficient (Wildman–Crippen LogP) is 15.3. The summed E-state index contributed by atoms with van der Waals surface area (Å²) in [6.45, 7) is 9.10. The lowest BCUT2D eigenvalue weighted by molar-refractivity contribution is 0.450. The molecule has 1 heterocycles. The Hall–Kier alpha value is -7.89. The smallest absolute Gasteiger partial charge is 0.148 e. The molecule has 1 aliphatic heterocycles. The van der Waals surface area contributed by atoms with Gasteiger partial charge in [0.2, 0.25) is 0 Å². The van der Waals surface area contributed by atoms with Crippen molar-refractivity contribution in [3.05, 3.63) is 242 Å². The van der Waals surface area contributed by atoms with E-state index in [1.54, 1.807) is 6.07 Å². The molecule has 0 amide bonds. The molecule has 0 fully saturated rings. The van der Waals surface area contributed by atoms with Gasteiger partial charge in [-0.25, -0.2) is 4.39 Å². The topological polar surface area (TPSA) is 35.9 Å². The number of halogens is 1. The molecule has 5 heteroatoms. The van der Waals surface area contributed by atoms with Crippen LogP contribution < -0.4 is 14.5 Å². The number of phenolic OH excluding ortho intramolecular Hbond substituents is 1. The van der Waals surface area contributed by atoms with E-state index in [1.165, 1.54) is 0 Å². The Morgan fingerprint density at radius 3 is 2.14 bits per heavy atom. The first-order valence-electron chi connectivity index (χ1n) is 21.4. The van der Waals surface area contributed by atoms with Gasteiger partial charge in [-0.05, 0) is 107 Å². The van der Waals surface area contributed by atoms with Crippen molar-refractivity contribution in [1.29, 1.82) is 0 Å². The van der Waals surface area contributed by atoms with E-state index in [9.17, 15) is 5.11 Å². The van der Waals surface area contributed by atoms with Crippen LogP contribution in [0.2, 0.25) is 0 Å². The molecule has 4 nitrogen and oxygen atoms in total. The van der Waals surface area contributed by atoms with Crippen LogP contribution >= 0.6 is 0 Å². The minimum absolute atomic E-state index is 0.140. The van der Waals surface area contributed by atoms with E-state index in [-0.39, 0.29) is 17.6 Å². The number of rotatable bonds is 10. The Balaban J connectivity index is 1.02. The Bertz CT molecular complexity index is 3070. The van der Waals surface area contributed by atoms with Gasteiger partial charge in [0.1, 0.15) is 23.1 Å². The van der Waals surface area contributed by atoms with Crippen molar-refractivity contribution in [2.45, 2.75) is 25.3 Å². The van der Waals surface area contributed by atoms with E-state index in [0.717, 1.165) is 86.1 Å². The molecule has 7 aromatic rings. The fourth-order valence-electron chi connectivity index (χ4n) is 9.03. The summed E-state index contributed by atoms with van der Waals surface area (Å²) in [6.07, 6.45) is 20.0. The molecule has 0 aromatic heterocycles. The predicted molar refractivity (Wildman–Crippen MR) is 259 cm³/mol. The molecule has 0 spiro atoms. The first-order valence-corrected chi connectivity index (χ1v) is 21.4. The maximum absolute atomic E-state index is 17.0. The maximum Gasteiger partial charge on any atom is 0.148 e. The first kappa shape index (κ1) is 39.3. The Labute approximate surface area is 368 Å². The van der Waals surface area contributed by atoms with E-state index in [2.05, 4.69) is 72.7 Å². The molecule has 7 aromatic carbocycles. The van der Waals surface area contributed by atoms with Gasteiger partial charge >= 0.3 is 0 Å². The zero-order valence-corrected chi connectivity index (χ0v) is 34.8. The maximum atomic E-state index is 17.0. The molecule has 0 bridgehead atoms. The number of aromatic hydroxyl groups is 1. The SMILES string of the molecule is C=C1C(=CC(=C)N(c2ccccc2)c2c(F)cc(-c3ccccc3)cc2-c2ccccc2)Oc2ccc(-c3ccc(N(C4=CCCC=C4)C4C=CC=CC4)cc3O)c3cccc1c23. The van der Waals surface area contributed by atoms with Crippen LogP contribution in [0.5, 0.6) is 11.5 Å². The number of ether oxygens (including phenoxy) is 1. The lowest BCUT2D eigenvalue weighted by Gasteiger charge is -2.34. The highest BCUT2D eigenvalue weighted by Gasteiger charge is 2.28. The highest BCUT2D eigenvalue weighted by Crippen LogP contribution is 2.48. The second-order valence-corrected chi connectivity index (χ2v) is 16.0. The van der Waals surface area contributed by atoms with Gasteiger partial charge in [-0.1, -0.05) is 147 Å². The Morgan fingerprint density at radius 1 is 0.683 bits per heavy atom. The standard InChI is InChI=1S/C58H45FN2O2/c1-39(60(44-23-12-5-13-24-44)58-52(42-21-10-4-11-22-42)36-43(37-53(58)59)41-19-8-3-9-20-41)35-56-40(2)48-29-18-30-51-49(33-34-55(63-56)57(48)51)50-32-31-47(38-54(50)62)61(45-25-14-6-15-26-45)46-27-16-7-17-28-46/h3-6,8-16,18-25,27-38,45,62H,1-2,7,17,26H2. The summed E-state index contributed by atoms with van der Waals surface area (Å²) in [7, 11) is 0. The van der Waals surface area contributed by atoms with Crippen LogP contribution in [0.1, 0.15) is 24.8 Å². The van der Waals surface area contributed by atoms with Crippen LogP contribution in [0.4, 0.5) is 21.5 Å². The van der Waals surface area contributed by atoms with Crippen molar-refractivity contribution in [1.82, 2.24) is 0 Å². The Kier molecular flexibility index (Phi) is 10.5. The molecule has 0 radical (unpaired) electrons. The van der Waals surface area contributed by atoms with Crippen LogP contribution in [-0.2, 0) is 0 Å². The van der Waals surface area contributed by atoms with Crippen LogP contribution in [0.15, 0.2) is 231 Å². The zero-order chi connectivity index (χ0) is 42.9. The summed E-state index contributed by atoms with van der Waals surface area (Å²) >= 11 is 0. The highest BCUT2D eigenvalue weighted by molar-refractivity contribution is 6.09. The van der Waals surface area contributed by atoms with Gasteiger partial charge in [0.15, 0.2) is 0 Å². The third-order valence-electron chi connectivity index (χ3n) is 12.0. The minimum atomic E-state index is -0.389. The van der Waals surface area contributed by atoms with Crippen LogP contribution in [0.3, 0.4) is 0 Å². The van der Waals surface area contributed by atoms with E-state index >= 15 is 4.39 Å². The fraction of sp³-hybridized carbons (Fsp3) is 0.0690. The molecule has 63 heavy (non-hydrogen) atoms. The van der Waals surface area contributed by atoms with E-state index < -0.39 is 0 Å². The summed E-state index contributed by atoms with van der Waals surface area (Å²) in [6, 6.07) is 49.3. The van der Waals surface area contributed by atoms with Gasteiger partial charge in [-0.3, -0.25) is 0 Å². The normalized spacial score (nSPS) is 15.9. The molecule has 0 saturated heterocycles. The lowest BCUT2D eigenvalue weighted by Crippen LogP contribution is -2.33. The molecule has 1 atom stereocenters. The largest absolute Gasteiger partial charge is 0.507 e. The molecule has 1 unspecified atom stereocenters. The van der Waals surface area contributed by atoms with Crippen molar-refractivity contribution in [3.63, 3.8) is 0 Å². The molecular formula is C58H45FN2O2. The van der Waals surface area contributed by atoms with Crippen molar-refractivity contribution in [3.8, 4) is 44.9 Å². The number of anilines is 3. The van der Waals surface area contributed by atoms with Gasteiger partial charge < -0.3 is 19.6 Å². The van der Waals surface area contributed by atoms with Gasteiger partial charge in [0.25, 0.3) is 0 Å². The van der Waals surface area contributed by atoms with Crippen LogP contribution in [0.25, 0.3) is 49.7 Å². The molecular weight excluding hydrogens is 776 g/mol. The third kappa shape index (κ3) is 7.48. The molecule has 306 valence electrons. The van der Waals surface area contributed by atoms with Crippen molar-refractivity contribution in [2.24, 2.45) is 0 Å². The van der Waals surface area contributed by atoms with Gasteiger partial charge in [-0.15, -0.1) is 0 Å². The van der Waals surface area contributed by atoms with Crippen molar-refractivity contribution >= 4 is 33.4 Å². The quantitative estimate of drug-likeness (QED) is 0.149. The lowest BCUT2D eigenvalue weighted by atomic mass is 9.90. The summed E-state index contributed by atoms with van der Waals surface area (Å²) in [5.41, 5.74) is 10.1. The number of benzene rings is 7. The summed E-state index contributed by atoms with van der Waals surface area (Å²) < 4.78 is 23.8. The van der Waals surface area contributed by atoms with Crippen molar-refractivity contribution < 1.29 is 14.2 Å². The van der Waals surface area contributed by atoms with Gasteiger partial charge in [0, 0.05) is 57.0 Å². The highest BCUT2D eigenvalue weighted by atomic mass is 19.1. The second-order valence-electron chi connectivity index (χ2n) is 16.0. The Morgan fingerprint density at radius 2 is 1.43 bits per heavy atom. The summed E-state index contributed by atoms with van der Waals surface area (Å²) in [5.74, 6) is 0.961. The number of hydrogen-bond donors (Lipinski definition) is 1. The van der Waals surface area contributed by atoms with Crippen LogP contribution in [-0.4, -0.2) is 11.1 Å². The number of para-hydroxylation sites is 1. The number of phenols is 1. The second kappa shape index (κ2) is 16.9. The molecule has 1 N–H and O–H groups in total. The van der Waals surface area contributed by atoms with E-state index in [1.807, 2.05) is 144 Å². The molecule has 2 aliphatic carbocycles. The average Bonchev–Trinajstić information content (AvgIpc) is 3.33. The zero-order valence-electron chi connectivity index (χ0n) is 34.8. The van der Waals surface area contributed by atoms with Crippen LogP contribution in [0, 0.1) is 5.82 Å². The third-order valence-corrected chi connectivity index (χ3v) is 12.0. The molecule has 0 saturated carbocycles. The van der Waals surface area contributed by atoms with Gasteiger partial charge in [0.05, 0.1) is 11.7 Å². The van der Waals surface area contributed by atoms with Gasteiger partial charge in [-0.2, -0.15) is 0 Å². The first-order chi connectivity index (χ1) is 30.9. The van der Waals surface area contributed by atoms with Crippen molar-refractivity contribution in [2.75, 3.05) is 9.80 Å². The molecule has 3 aliphatic rings. The average molecular weight is 821 g/mol. The number of allylic oxidation sites excluding steroid dienone is 7. The summed E-state index contributed by atoms with van der Waals surface area (Å²) in [5, 5.41) is 13.6. The number of hydrogen-bond acceptors (Lipinski definition) is 4.